The van der Waals surface area contributed by atoms with Gasteiger partial charge in [-0.2, -0.15) is 0 Å². The van der Waals surface area contributed by atoms with Crippen LogP contribution < -0.4 is 21.2 Å². The molecule has 0 saturated heterocycles. The van der Waals surface area contributed by atoms with Crippen molar-refractivity contribution in [2.24, 2.45) is 4.99 Å². The van der Waals surface area contributed by atoms with Crippen molar-refractivity contribution in [3.63, 3.8) is 0 Å². The number of aryl methyl sites for hydroxylation is 1. The number of carbonyl (C=O) groups is 2. The standard InChI is InChI=1S/C33H25FN4O4/c1-20-7-6-8-23(17-20)35-33(41)37-31-32(40)38(19-21-13-15-28-22(18-21)14-16-29(39)42-28)27-12-5-3-10-25(27)30(36-31)24-9-2-4-11-26(24)34/h2-18,31H,19H2,1H3,(H2,35,37,41). The first-order valence-corrected chi connectivity index (χ1v) is 13.3. The number of urea groups is 1. The number of benzene rings is 4. The highest BCUT2D eigenvalue weighted by Gasteiger charge is 2.33. The summed E-state index contributed by atoms with van der Waals surface area (Å²) in [7, 11) is 0. The first-order chi connectivity index (χ1) is 20.4. The number of aliphatic imine (C=N–C) groups is 1. The average Bonchev–Trinajstić information content (AvgIpc) is 3.08. The predicted octanol–water partition coefficient (Wildman–Crippen LogP) is 5.77. The van der Waals surface area contributed by atoms with Crippen LogP contribution in [-0.2, 0) is 11.3 Å². The Morgan fingerprint density at radius 1 is 0.905 bits per heavy atom. The molecule has 1 aliphatic heterocycles. The van der Waals surface area contributed by atoms with Gasteiger partial charge in [-0.15, -0.1) is 0 Å². The number of nitrogens with zero attached hydrogens (tertiary/aromatic N) is 2. The monoisotopic (exact) mass is 560 g/mol. The van der Waals surface area contributed by atoms with Crippen LogP contribution in [0, 0.1) is 12.7 Å². The van der Waals surface area contributed by atoms with Gasteiger partial charge in [-0.1, -0.05) is 48.5 Å². The molecule has 3 amide bonds. The van der Waals surface area contributed by atoms with Crippen molar-refractivity contribution >= 4 is 40.0 Å². The minimum Gasteiger partial charge on any atom is -0.423 e. The van der Waals surface area contributed by atoms with Crippen LogP contribution in [0.3, 0.4) is 0 Å². The van der Waals surface area contributed by atoms with E-state index >= 15 is 4.39 Å². The van der Waals surface area contributed by atoms with Gasteiger partial charge in [0, 0.05) is 28.3 Å². The van der Waals surface area contributed by atoms with Crippen molar-refractivity contribution in [3.05, 3.63) is 142 Å². The normalized spacial score (nSPS) is 14.6. The average molecular weight is 561 g/mol. The third-order valence-electron chi connectivity index (χ3n) is 6.91. The number of para-hydroxylation sites is 1. The molecular formula is C33H25FN4O4. The van der Waals surface area contributed by atoms with Crippen molar-refractivity contribution in [2.75, 3.05) is 10.2 Å². The second kappa shape index (κ2) is 11.1. The van der Waals surface area contributed by atoms with Crippen LogP contribution in [0.2, 0.25) is 0 Å². The Labute approximate surface area is 240 Å². The molecule has 1 atom stereocenters. The van der Waals surface area contributed by atoms with Gasteiger partial charge < -0.3 is 20.0 Å². The third kappa shape index (κ3) is 5.40. The molecule has 0 bridgehead atoms. The lowest BCUT2D eigenvalue weighted by Gasteiger charge is -2.26. The maximum atomic E-state index is 15.1. The van der Waals surface area contributed by atoms with Crippen molar-refractivity contribution in [1.82, 2.24) is 5.32 Å². The molecule has 2 N–H and O–H groups in total. The number of benzodiazepines with no additional fused rings is 1. The van der Waals surface area contributed by atoms with Crippen molar-refractivity contribution in [1.29, 1.82) is 0 Å². The topological polar surface area (TPSA) is 104 Å². The Morgan fingerprint density at radius 2 is 1.69 bits per heavy atom. The number of fused-ring (bicyclic) bond motifs is 2. The van der Waals surface area contributed by atoms with Gasteiger partial charge in [0.05, 0.1) is 17.9 Å². The molecular weight excluding hydrogens is 535 g/mol. The zero-order valence-corrected chi connectivity index (χ0v) is 22.5. The molecule has 42 heavy (non-hydrogen) atoms. The maximum absolute atomic E-state index is 15.1. The maximum Gasteiger partial charge on any atom is 0.336 e. The summed E-state index contributed by atoms with van der Waals surface area (Å²) in [4.78, 5) is 45.0. The van der Waals surface area contributed by atoms with Crippen LogP contribution in [0.5, 0.6) is 0 Å². The molecule has 1 unspecified atom stereocenters. The van der Waals surface area contributed by atoms with E-state index in [0.717, 1.165) is 11.1 Å². The van der Waals surface area contributed by atoms with Gasteiger partial charge in [-0.25, -0.2) is 19.0 Å². The van der Waals surface area contributed by atoms with Crippen molar-refractivity contribution in [2.45, 2.75) is 19.6 Å². The Kier molecular flexibility index (Phi) is 7.06. The smallest absolute Gasteiger partial charge is 0.336 e. The van der Waals surface area contributed by atoms with E-state index in [1.807, 2.05) is 25.1 Å². The van der Waals surface area contributed by atoms with Crippen LogP contribution in [0.1, 0.15) is 22.3 Å². The number of halogens is 1. The van der Waals surface area contributed by atoms with E-state index in [4.69, 9.17) is 4.42 Å². The van der Waals surface area contributed by atoms with E-state index < -0.39 is 29.5 Å². The summed E-state index contributed by atoms with van der Waals surface area (Å²) in [6.07, 6.45) is -1.37. The van der Waals surface area contributed by atoms with Crippen LogP contribution in [0.4, 0.5) is 20.6 Å². The van der Waals surface area contributed by atoms with Gasteiger partial charge >= 0.3 is 11.7 Å². The third-order valence-corrected chi connectivity index (χ3v) is 6.91. The molecule has 5 aromatic rings. The van der Waals surface area contributed by atoms with Gasteiger partial charge in [-0.3, -0.25) is 4.79 Å². The van der Waals surface area contributed by atoms with Gasteiger partial charge in [0.15, 0.2) is 0 Å². The molecule has 208 valence electrons. The highest BCUT2D eigenvalue weighted by atomic mass is 19.1. The highest BCUT2D eigenvalue weighted by Crippen LogP contribution is 2.31. The largest absolute Gasteiger partial charge is 0.423 e. The van der Waals surface area contributed by atoms with Gasteiger partial charge in [-0.05, 0) is 66.6 Å². The number of hydrogen-bond donors (Lipinski definition) is 2. The number of amides is 3. The molecule has 2 heterocycles. The molecule has 1 aliphatic rings. The summed E-state index contributed by atoms with van der Waals surface area (Å²) in [5.74, 6) is -1.01. The Balaban J connectivity index is 1.42. The molecule has 0 saturated carbocycles. The number of hydrogen-bond acceptors (Lipinski definition) is 5. The lowest BCUT2D eigenvalue weighted by molar-refractivity contribution is -0.120. The number of rotatable bonds is 5. The van der Waals surface area contributed by atoms with Gasteiger partial charge in [0.25, 0.3) is 5.91 Å². The van der Waals surface area contributed by atoms with Gasteiger partial charge in [0.2, 0.25) is 6.17 Å². The fourth-order valence-electron chi connectivity index (χ4n) is 4.97. The fourth-order valence-corrected chi connectivity index (χ4v) is 4.97. The van der Waals surface area contributed by atoms with E-state index in [2.05, 4.69) is 15.6 Å². The Morgan fingerprint density at radius 3 is 2.50 bits per heavy atom. The van der Waals surface area contributed by atoms with Crippen LogP contribution in [0.25, 0.3) is 11.0 Å². The number of carbonyl (C=O) groups excluding carboxylic acids is 2. The van der Waals surface area contributed by atoms with E-state index in [0.29, 0.717) is 27.9 Å². The van der Waals surface area contributed by atoms with E-state index in [1.54, 1.807) is 72.8 Å². The predicted molar refractivity (Wildman–Crippen MR) is 159 cm³/mol. The quantitative estimate of drug-likeness (QED) is 0.266. The van der Waals surface area contributed by atoms with E-state index in [1.165, 1.54) is 17.0 Å². The Hall–Kier alpha value is -5.57. The summed E-state index contributed by atoms with van der Waals surface area (Å²) >= 11 is 0. The molecule has 0 fully saturated rings. The lowest BCUT2D eigenvalue weighted by Crippen LogP contribution is -2.48. The number of anilines is 2. The molecule has 6 rings (SSSR count). The Bertz CT molecular complexity index is 1930. The lowest BCUT2D eigenvalue weighted by atomic mass is 9.99. The summed E-state index contributed by atoms with van der Waals surface area (Å²) in [5.41, 5.74) is 3.70. The molecule has 8 nitrogen and oxygen atoms in total. The molecule has 0 aliphatic carbocycles. The molecule has 9 heteroatoms. The van der Waals surface area contributed by atoms with Crippen LogP contribution in [0.15, 0.2) is 117 Å². The second-order valence-corrected chi connectivity index (χ2v) is 9.90. The highest BCUT2D eigenvalue weighted by molar-refractivity contribution is 6.20. The minimum absolute atomic E-state index is 0.114. The van der Waals surface area contributed by atoms with E-state index in [-0.39, 0.29) is 17.8 Å². The van der Waals surface area contributed by atoms with Crippen molar-refractivity contribution < 1.29 is 18.4 Å². The minimum atomic E-state index is -1.37. The molecule has 0 spiro atoms. The fraction of sp³-hybridized carbons (Fsp3) is 0.0909. The first kappa shape index (κ1) is 26.6. The second-order valence-electron chi connectivity index (χ2n) is 9.90. The summed E-state index contributed by atoms with van der Waals surface area (Å²) < 4.78 is 20.4. The number of nitrogens with one attached hydrogen (secondary N) is 2. The molecule has 4 aromatic carbocycles. The van der Waals surface area contributed by atoms with Crippen LogP contribution in [-0.4, -0.2) is 23.8 Å². The van der Waals surface area contributed by atoms with Crippen LogP contribution >= 0.6 is 0 Å². The van der Waals surface area contributed by atoms with E-state index in [9.17, 15) is 14.4 Å². The molecule has 1 aromatic heterocycles. The molecule has 0 radical (unpaired) electrons. The van der Waals surface area contributed by atoms with Crippen molar-refractivity contribution in [3.8, 4) is 0 Å². The SMILES string of the molecule is Cc1cccc(NC(=O)NC2N=C(c3ccccc3F)c3ccccc3N(Cc3ccc4oc(=O)ccc4c3)C2=O)c1. The summed E-state index contributed by atoms with van der Waals surface area (Å²) in [5, 5.41) is 6.12. The first-order valence-electron chi connectivity index (χ1n) is 13.3. The summed E-state index contributed by atoms with van der Waals surface area (Å²) in [6, 6.07) is 28.1. The summed E-state index contributed by atoms with van der Waals surface area (Å²) in [6.45, 7) is 2.02. The zero-order valence-electron chi connectivity index (χ0n) is 22.5. The zero-order chi connectivity index (χ0) is 29.2. The van der Waals surface area contributed by atoms with Gasteiger partial charge in [0.1, 0.15) is 11.4 Å².